The summed E-state index contributed by atoms with van der Waals surface area (Å²) in [6.45, 7) is 1.53. The summed E-state index contributed by atoms with van der Waals surface area (Å²) in [5, 5.41) is 17.7. The summed E-state index contributed by atoms with van der Waals surface area (Å²) in [7, 11) is 0. The van der Waals surface area contributed by atoms with E-state index >= 15 is 0 Å². The number of aryl methyl sites for hydroxylation is 1. The second kappa shape index (κ2) is 4.01. The molecule has 0 unspecified atom stereocenters. The molecule has 1 rings (SSSR count). The Bertz CT molecular complexity index is 385. The van der Waals surface area contributed by atoms with E-state index in [1.165, 1.54) is 13.0 Å². The molecule has 0 bridgehead atoms. The third kappa shape index (κ3) is 1.96. The Kier molecular flexibility index (Phi) is 2.97. The molecule has 1 aromatic heterocycles. The normalized spacial score (nSPS) is 10.2. The summed E-state index contributed by atoms with van der Waals surface area (Å²) in [4.78, 5) is 3.51. The molecule has 0 aliphatic heterocycles. The summed E-state index contributed by atoms with van der Waals surface area (Å²) in [6, 6.07) is 3.21. The van der Waals surface area contributed by atoms with Crippen molar-refractivity contribution in [3.63, 3.8) is 0 Å². The molecule has 1 N–H and O–H groups in total. The first-order valence-corrected chi connectivity index (χ1v) is 3.90. The van der Waals surface area contributed by atoms with Gasteiger partial charge in [0.1, 0.15) is 11.4 Å². The van der Waals surface area contributed by atoms with Crippen LogP contribution in [0.2, 0.25) is 0 Å². The molecule has 0 aliphatic carbocycles. The second-order valence-corrected chi connectivity index (χ2v) is 2.79. The maximum atomic E-state index is 12.3. The van der Waals surface area contributed by atoms with Crippen LogP contribution in [0.25, 0.3) is 0 Å². The third-order valence-electron chi connectivity index (χ3n) is 1.70. The molecule has 0 spiro atoms. The molecule has 5 heteroatoms. The van der Waals surface area contributed by atoms with Crippen LogP contribution in [0.5, 0.6) is 5.75 Å². The number of alkyl halides is 2. The van der Waals surface area contributed by atoms with Gasteiger partial charge in [-0.1, -0.05) is 0 Å². The van der Waals surface area contributed by atoms with Crippen molar-refractivity contribution in [2.24, 2.45) is 0 Å². The minimum absolute atomic E-state index is 0.102. The van der Waals surface area contributed by atoms with Crippen molar-refractivity contribution in [1.29, 1.82) is 5.26 Å². The number of rotatable bonds is 2. The Morgan fingerprint density at radius 1 is 1.64 bits per heavy atom. The molecule has 14 heavy (non-hydrogen) atoms. The van der Waals surface area contributed by atoms with Crippen molar-refractivity contribution in [1.82, 2.24) is 4.98 Å². The molecule has 0 atom stereocenters. The molecule has 0 radical (unpaired) electrons. The Labute approximate surface area is 79.6 Å². The van der Waals surface area contributed by atoms with Gasteiger partial charge in [0.05, 0.1) is 12.5 Å². The number of nitrogens with zero attached hydrogens (tertiary/aromatic N) is 2. The first kappa shape index (κ1) is 10.4. The fourth-order valence-corrected chi connectivity index (χ4v) is 1.13. The Morgan fingerprint density at radius 2 is 2.29 bits per heavy atom. The van der Waals surface area contributed by atoms with E-state index in [1.807, 2.05) is 0 Å². The zero-order chi connectivity index (χ0) is 10.7. The van der Waals surface area contributed by atoms with Gasteiger partial charge in [-0.2, -0.15) is 5.26 Å². The van der Waals surface area contributed by atoms with Crippen molar-refractivity contribution in [3.8, 4) is 11.8 Å². The van der Waals surface area contributed by atoms with Crippen LogP contribution in [0.1, 0.15) is 23.4 Å². The molecule has 0 saturated carbocycles. The Balaban J connectivity index is 3.26. The zero-order valence-corrected chi connectivity index (χ0v) is 7.46. The lowest BCUT2D eigenvalue weighted by atomic mass is 10.1. The second-order valence-electron chi connectivity index (χ2n) is 2.79. The standard InChI is InChI=1S/C9H8F2N2O/c1-5-4-6(2-3-12)8(14)7(13-5)9(10)11/h4,9,14H,2H2,1H3. The maximum absolute atomic E-state index is 12.3. The molecule has 1 aromatic rings. The molecule has 0 amide bonds. The predicted molar refractivity (Wildman–Crippen MR) is 44.9 cm³/mol. The van der Waals surface area contributed by atoms with E-state index in [0.29, 0.717) is 5.69 Å². The van der Waals surface area contributed by atoms with Crippen LogP contribution in [0, 0.1) is 18.3 Å². The number of halogens is 2. The lowest BCUT2D eigenvalue weighted by Crippen LogP contribution is -1.97. The number of hydrogen-bond donors (Lipinski definition) is 1. The van der Waals surface area contributed by atoms with Gasteiger partial charge < -0.3 is 5.11 Å². The van der Waals surface area contributed by atoms with Gasteiger partial charge in [0.15, 0.2) is 0 Å². The van der Waals surface area contributed by atoms with Crippen LogP contribution in [0.4, 0.5) is 8.78 Å². The molecule has 0 aromatic carbocycles. The predicted octanol–water partition coefficient (Wildman–Crippen LogP) is 2.10. The molecule has 1 heterocycles. The first-order valence-electron chi connectivity index (χ1n) is 3.90. The molecule has 74 valence electrons. The van der Waals surface area contributed by atoms with E-state index in [0.717, 1.165) is 0 Å². The van der Waals surface area contributed by atoms with Gasteiger partial charge in [-0.05, 0) is 13.0 Å². The van der Waals surface area contributed by atoms with E-state index in [2.05, 4.69) is 4.98 Å². The van der Waals surface area contributed by atoms with E-state index < -0.39 is 17.9 Å². The number of pyridine rings is 1. The first-order chi connectivity index (χ1) is 6.56. The number of nitriles is 1. The summed E-state index contributed by atoms with van der Waals surface area (Å²) < 4.78 is 24.6. The van der Waals surface area contributed by atoms with E-state index in [1.54, 1.807) is 6.07 Å². The van der Waals surface area contributed by atoms with Crippen molar-refractivity contribution in [2.75, 3.05) is 0 Å². The third-order valence-corrected chi connectivity index (χ3v) is 1.70. The highest BCUT2D eigenvalue weighted by molar-refractivity contribution is 5.39. The minimum atomic E-state index is -2.83. The smallest absolute Gasteiger partial charge is 0.284 e. The molecule has 3 nitrogen and oxygen atoms in total. The van der Waals surface area contributed by atoms with Crippen molar-refractivity contribution in [3.05, 3.63) is 23.0 Å². The quantitative estimate of drug-likeness (QED) is 0.791. The zero-order valence-electron chi connectivity index (χ0n) is 7.46. The van der Waals surface area contributed by atoms with Crippen LogP contribution >= 0.6 is 0 Å². The fourth-order valence-electron chi connectivity index (χ4n) is 1.13. The Morgan fingerprint density at radius 3 is 2.79 bits per heavy atom. The minimum Gasteiger partial charge on any atom is -0.505 e. The molecular formula is C9H8F2N2O. The maximum Gasteiger partial charge on any atom is 0.284 e. The van der Waals surface area contributed by atoms with Crippen LogP contribution in [0.15, 0.2) is 6.07 Å². The van der Waals surface area contributed by atoms with E-state index in [-0.39, 0.29) is 12.0 Å². The van der Waals surface area contributed by atoms with Crippen molar-refractivity contribution < 1.29 is 13.9 Å². The van der Waals surface area contributed by atoms with Gasteiger partial charge in [0, 0.05) is 11.3 Å². The molecule has 0 saturated heterocycles. The average molecular weight is 198 g/mol. The number of hydrogen-bond acceptors (Lipinski definition) is 3. The molecular weight excluding hydrogens is 190 g/mol. The van der Waals surface area contributed by atoms with Crippen LogP contribution in [-0.2, 0) is 6.42 Å². The molecule has 0 aliphatic rings. The SMILES string of the molecule is Cc1cc(CC#N)c(O)c(C(F)F)n1. The monoisotopic (exact) mass is 198 g/mol. The van der Waals surface area contributed by atoms with Gasteiger partial charge in [-0.25, -0.2) is 13.8 Å². The molecule has 0 fully saturated rings. The van der Waals surface area contributed by atoms with Crippen LogP contribution in [-0.4, -0.2) is 10.1 Å². The number of aromatic nitrogens is 1. The summed E-state index contributed by atoms with van der Waals surface area (Å²) in [5.41, 5.74) is -0.103. The van der Waals surface area contributed by atoms with E-state index in [4.69, 9.17) is 5.26 Å². The highest BCUT2D eigenvalue weighted by Crippen LogP contribution is 2.30. The largest absolute Gasteiger partial charge is 0.505 e. The van der Waals surface area contributed by atoms with Crippen LogP contribution < -0.4 is 0 Å². The van der Waals surface area contributed by atoms with E-state index in [9.17, 15) is 13.9 Å². The van der Waals surface area contributed by atoms with Crippen molar-refractivity contribution >= 4 is 0 Å². The Hall–Kier alpha value is -1.70. The highest BCUT2D eigenvalue weighted by atomic mass is 19.3. The average Bonchev–Trinajstić information content (AvgIpc) is 2.10. The summed E-state index contributed by atoms with van der Waals surface area (Å²) >= 11 is 0. The summed E-state index contributed by atoms with van der Waals surface area (Å²) in [5.74, 6) is -0.577. The van der Waals surface area contributed by atoms with Gasteiger partial charge in [0.25, 0.3) is 6.43 Å². The highest BCUT2D eigenvalue weighted by Gasteiger charge is 2.18. The number of aromatic hydroxyl groups is 1. The lowest BCUT2D eigenvalue weighted by molar-refractivity contribution is 0.141. The van der Waals surface area contributed by atoms with Gasteiger partial charge >= 0.3 is 0 Å². The van der Waals surface area contributed by atoms with Gasteiger partial charge in [-0.3, -0.25) is 0 Å². The van der Waals surface area contributed by atoms with Gasteiger partial charge in [-0.15, -0.1) is 0 Å². The summed E-state index contributed by atoms with van der Waals surface area (Å²) in [6.07, 6.45) is -2.93. The van der Waals surface area contributed by atoms with Crippen LogP contribution in [0.3, 0.4) is 0 Å². The lowest BCUT2D eigenvalue weighted by Gasteiger charge is -2.07. The topological polar surface area (TPSA) is 56.9 Å². The van der Waals surface area contributed by atoms with Crippen molar-refractivity contribution in [2.45, 2.75) is 19.8 Å². The van der Waals surface area contributed by atoms with Gasteiger partial charge in [0.2, 0.25) is 0 Å². The fraction of sp³-hybridized carbons (Fsp3) is 0.333.